The Morgan fingerprint density at radius 3 is 2.79 bits per heavy atom. The van der Waals surface area contributed by atoms with E-state index in [1.165, 1.54) is 0 Å². The van der Waals surface area contributed by atoms with Crippen LogP contribution in [-0.2, 0) is 19.3 Å². The van der Waals surface area contributed by atoms with Gasteiger partial charge in [0, 0.05) is 19.3 Å². The summed E-state index contributed by atoms with van der Waals surface area (Å²) >= 11 is 0. The van der Waals surface area contributed by atoms with Crippen LogP contribution in [0.25, 0.3) is 11.2 Å². The molecule has 0 fully saturated rings. The van der Waals surface area contributed by atoms with Crippen LogP contribution < -0.4 is 0 Å². The van der Waals surface area contributed by atoms with Crippen molar-refractivity contribution in [2.24, 2.45) is 0 Å². The van der Waals surface area contributed by atoms with Crippen LogP contribution in [0.15, 0.2) is 12.3 Å². The van der Waals surface area contributed by atoms with Gasteiger partial charge < -0.3 is 4.57 Å². The van der Waals surface area contributed by atoms with E-state index in [1.54, 1.807) is 0 Å². The van der Waals surface area contributed by atoms with Crippen molar-refractivity contribution in [2.75, 3.05) is 13.1 Å². The van der Waals surface area contributed by atoms with Gasteiger partial charge in [0.1, 0.15) is 11.3 Å². The van der Waals surface area contributed by atoms with Gasteiger partial charge in [-0.25, -0.2) is 9.97 Å². The molecule has 3 heterocycles. The lowest BCUT2D eigenvalue weighted by molar-refractivity contribution is -0.137. The smallest absolute Gasteiger partial charge is 0.310 e. The maximum absolute atomic E-state index is 12.6. The molecule has 0 amide bonds. The zero-order valence-electron chi connectivity index (χ0n) is 10.4. The summed E-state index contributed by atoms with van der Waals surface area (Å²) in [6.45, 7) is 5.21. The van der Waals surface area contributed by atoms with Gasteiger partial charge >= 0.3 is 6.18 Å². The highest BCUT2D eigenvalue weighted by atomic mass is 19.4. The van der Waals surface area contributed by atoms with Gasteiger partial charge in [-0.2, -0.15) is 13.2 Å². The van der Waals surface area contributed by atoms with Crippen LogP contribution in [0.5, 0.6) is 0 Å². The normalized spacial score (nSPS) is 16.8. The number of aromatic nitrogens is 3. The summed E-state index contributed by atoms with van der Waals surface area (Å²) in [5, 5.41) is 0. The van der Waals surface area contributed by atoms with Crippen LogP contribution in [0, 0.1) is 0 Å². The van der Waals surface area contributed by atoms with Crippen molar-refractivity contribution in [1.82, 2.24) is 19.4 Å². The molecule has 0 atom stereocenters. The van der Waals surface area contributed by atoms with E-state index in [9.17, 15) is 13.2 Å². The maximum atomic E-state index is 12.6. The highest BCUT2D eigenvalue weighted by molar-refractivity contribution is 5.72. The molecule has 0 aliphatic carbocycles. The van der Waals surface area contributed by atoms with E-state index in [4.69, 9.17) is 0 Å². The van der Waals surface area contributed by atoms with Crippen LogP contribution in [-0.4, -0.2) is 32.5 Å². The summed E-state index contributed by atoms with van der Waals surface area (Å²) in [5.74, 6) is 0.787. The lowest BCUT2D eigenvalue weighted by Gasteiger charge is -2.25. The number of halogens is 3. The Morgan fingerprint density at radius 1 is 1.32 bits per heavy atom. The Morgan fingerprint density at radius 2 is 2.11 bits per heavy atom. The Labute approximate surface area is 107 Å². The molecule has 0 bridgehead atoms. The third kappa shape index (κ3) is 2.07. The van der Waals surface area contributed by atoms with Crippen molar-refractivity contribution in [2.45, 2.75) is 26.2 Å². The molecule has 0 saturated heterocycles. The third-order valence-electron chi connectivity index (χ3n) is 3.44. The van der Waals surface area contributed by atoms with E-state index in [-0.39, 0.29) is 0 Å². The first-order chi connectivity index (χ1) is 8.99. The minimum absolute atomic E-state index is 0.322. The van der Waals surface area contributed by atoms with Gasteiger partial charge in [-0.3, -0.25) is 4.90 Å². The van der Waals surface area contributed by atoms with Gasteiger partial charge in [-0.1, -0.05) is 6.92 Å². The quantitative estimate of drug-likeness (QED) is 0.797. The number of nitrogens with zero attached hydrogens (tertiary/aromatic N) is 4. The summed E-state index contributed by atoms with van der Waals surface area (Å²) in [6.07, 6.45) is -3.50. The number of fused-ring (bicyclic) bond motifs is 3. The molecule has 1 aliphatic rings. The number of pyridine rings is 1. The third-order valence-corrected chi connectivity index (χ3v) is 3.44. The number of imidazole rings is 1. The van der Waals surface area contributed by atoms with E-state index < -0.39 is 11.7 Å². The average Bonchev–Trinajstić information content (AvgIpc) is 2.73. The van der Waals surface area contributed by atoms with E-state index in [1.807, 2.05) is 4.57 Å². The van der Waals surface area contributed by atoms with E-state index in [0.717, 1.165) is 37.7 Å². The standard InChI is InChI=1S/C12H13F3N4/c1-2-18-3-4-19-10(7-18)17-9-5-8(12(13,14)15)6-16-11(9)19/h5-6H,2-4,7H2,1H3. The fourth-order valence-electron chi connectivity index (χ4n) is 2.36. The molecule has 0 spiro atoms. The van der Waals surface area contributed by atoms with Gasteiger partial charge in [-0.05, 0) is 12.6 Å². The number of likely N-dealkylation sites (N-methyl/N-ethyl adjacent to an activating group) is 1. The molecule has 0 N–H and O–H groups in total. The fraction of sp³-hybridized carbons (Fsp3) is 0.500. The minimum Gasteiger partial charge on any atom is -0.310 e. The van der Waals surface area contributed by atoms with Crippen LogP contribution >= 0.6 is 0 Å². The molecule has 2 aromatic heterocycles. The highest BCUT2D eigenvalue weighted by Crippen LogP contribution is 2.30. The molecule has 7 heteroatoms. The van der Waals surface area contributed by atoms with Gasteiger partial charge in [0.2, 0.25) is 0 Å². The molecule has 1 aliphatic heterocycles. The summed E-state index contributed by atoms with van der Waals surface area (Å²) in [6, 6.07) is 1.07. The van der Waals surface area contributed by atoms with Crippen LogP contribution in [0.2, 0.25) is 0 Å². The predicted molar refractivity (Wildman–Crippen MR) is 63.5 cm³/mol. The largest absolute Gasteiger partial charge is 0.417 e. The SMILES string of the molecule is CCN1CCn2c(nc3cc(C(F)(F)F)cnc32)C1. The van der Waals surface area contributed by atoms with Gasteiger partial charge in [0.15, 0.2) is 5.65 Å². The molecule has 0 aromatic carbocycles. The second kappa shape index (κ2) is 4.19. The second-order valence-electron chi connectivity index (χ2n) is 4.61. The van der Waals surface area contributed by atoms with Crippen molar-refractivity contribution in [3.05, 3.63) is 23.7 Å². The molecule has 4 nitrogen and oxygen atoms in total. The van der Waals surface area contributed by atoms with Crippen LogP contribution in [0.4, 0.5) is 13.2 Å². The zero-order chi connectivity index (χ0) is 13.6. The summed E-state index contributed by atoms with van der Waals surface area (Å²) < 4.78 is 39.8. The zero-order valence-corrected chi connectivity index (χ0v) is 10.4. The molecular weight excluding hydrogens is 257 g/mol. The van der Waals surface area contributed by atoms with E-state index in [0.29, 0.717) is 17.7 Å². The van der Waals surface area contributed by atoms with Crippen molar-refractivity contribution in [1.29, 1.82) is 0 Å². The summed E-state index contributed by atoms with van der Waals surface area (Å²) in [7, 11) is 0. The van der Waals surface area contributed by atoms with Crippen LogP contribution in [0.1, 0.15) is 18.3 Å². The van der Waals surface area contributed by atoms with Gasteiger partial charge in [-0.15, -0.1) is 0 Å². The highest BCUT2D eigenvalue weighted by Gasteiger charge is 2.32. The molecule has 0 unspecified atom stereocenters. The van der Waals surface area contributed by atoms with Crippen LogP contribution in [0.3, 0.4) is 0 Å². The van der Waals surface area contributed by atoms with Crippen molar-refractivity contribution >= 4 is 11.2 Å². The Balaban J connectivity index is 2.08. The Hall–Kier alpha value is -1.63. The number of alkyl halides is 3. The molecule has 102 valence electrons. The Bertz CT molecular complexity index is 617. The molecule has 0 saturated carbocycles. The molecular formula is C12H13F3N4. The number of hydrogen-bond acceptors (Lipinski definition) is 3. The fourth-order valence-corrected chi connectivity index (χ4v) is 2.36. The minimum atomic E-state index is -4.37. The second-order valence-corrected chi connectivity index (χ2v) is 4.61. The van der Waals surface area contributed by atoms with Gasteiger partial charge in [0.25, 0.3) is 0 Å². The molecule has 0 radical (unpaired) electrons. The lowest BCUT2D eigenvalue weighted by Crippen LogP contribution is -2.33. The maximum Gasteiger partial charge on any atom is 0.417 e. The topological polar surface area (TPSA) is 34.0 Å². The van der Waals surface area contributed by atoms with Crippen molar-refractivity contribution in [3.63, 3.8) is 0 Å². The molecule has 19 heavy (non-hydrogen) atoms. The van der Waals surface area contributed by atoms with E-state index in [2.05, 4.69) is 21.8 Å². The van der Waals surface area contributed by atoms with Crippen molar-refractivity contribution < 1.29 is 13.2 Å². The van der Waals surface area contributed by atoms with E-state index >= 15 is 0 Å². The molecule has 3 rings (SSSR count). The summed E-state index contributed by atoms with van der Waals surface area (Å²) in [5.41, 5.74) is 0.115. The van der Waals surface area contributed by atoms with Gasteiger partial charge in [0.05, 0.1) is 12.1 Å². The first-order valence-electron chi connectivity index (χ1n) is 6.13. The summed E-state index contributed by atoms with van der Waals surface area (Å²) in [4.78, 5) is 10.4. The molecule has 2 aromatic rings. The van der Waals surface area contributed by atoms with Crippen molar-refractivity contribution in [3.8, 4) is 0 Å². The average molecular weight is 270 g/mol. The first-order valence-corrected chi connectivity index (χ1v) is 6.13. The monoisotopic (exact) mass is 270 g/mol. The number of hydrogen-bond donors (Lipinski definition) is 0. The number of rotatable bonds is 1. The first kappa shape index (κ1) is 12.4. The predicted octanol–water partition coefficient (Wildman–Crippen LogP) is 2.29. The Kier molecular flexibility index (Phi) is 2.74. The lowest BCUT2D eigenvalue weighted by atomic mass is 10.2.